The first-order valence-corrected chi connectivity index (χ1v) is 6.85. The summed E-state index contributed by atoms with van der Waals surface area (Å²) in [6.45, 7) is 2.55. The smallest absolute Gasteiger partial charge is 0.272 e. The number of carbonyl (C=O) groups is 2. The fourth-order valence-electron chi connectivity index (χ4n) is 2.70. The van der Waals surface area contributed by atoms with Crippen molar-refractivity contribution in [2.75, 3.05) is 0 Å². The summed E-state index contributed by atoms with van der Waals surface area (Å²) in [4.78, 5) is 41.7. The van der Waals surface area contributed by atoms with Crippen LogP contribution in [-0.4, -0.2) is 21.5 Å². The molecule has 1 aromatic heterocycles. The number of rotatable bonds is 2. The molecule has 0 aliphatic heterocycles. The number of Topliss-reactive ketones (excluding diaryl/α,β-unsaturated/α-hetero) is 2. The third kappa shape index (κ3) is 2.16. The molecule has 0 fully saturated rings. The van der Waals surface area contributed by atoms with Crippen LogP contribution in [0.3, 0.4) is 0 Å². The minimum Gasteiger partial charge on any atom is -0.350 e. The summed E-state index contributed by atoms with van der Waals surface area (Å²) in [6, 6.07) is 11.2. The summed E-state index contributed by atoms with van der Waals surface area (Å²) in [6.07, 6.45) is 0. The summed E-state index contributed by atoms with van der Waals surface area (Å²) in [5.41, 5.74) is 0.708. The lowest BCUT2D eigenvalue weighted by molar-refractivity contribution is -0.116. The monoisotopic (exact) mass is 294 g/mol. The standard InChI is InChI=1S/C17H14N2O3/c1-9(20)14(10(2)21)16-17(22)19-13-8-4-6-11-5-3-7-12(18-16)15(11)13/h3-8,18H,1-2H3,(H,19,22). The van der Waals surface area contributed by atoms with Crippen molar-refractivity contribution in [3.8, 4) is 0 Å². The molecule has 0 aliphatic carbocycles. The van der Waals surface area contributed by atoms with Gasteiger partial charge in [-0.15, -0.1) is 0 Å². The van der Waals surface area contributed by atoms with Gasteiger partial charge in [0.15, 0.2) is 11.6 Å². The van der Waals surface area contributed by atoms with E-state index in [4.69, 9.17) is 0 Å². The van der Waals surface area contributed by atoms with Crippen molar-refractivity contribution in [1.29, 1.82) is 0 Å². The molecule has 2 N–H and O–H groups in total. The summed E-state index contributed by atoms with van der Waals surface area (Å²) < 4.78 is 0. The van der Waals surface area contributed by atoms with Gasteiger partial charge in [0.2, 0.25) is 0 Å². The molecule has 0 saturated heterocycles. The van der Waals surface area contributed by atoms with Crippen molar-refractivity contribution in [2.24, 2.45) is 0 Å². The van der Waals surface area contributed by atoms with Gasteiger partial charge in [0, 0.05) is 10.9 Å². The number of hydrogen-bond donors (Lipinski definition) is 2. The number of aromatic nitrogens is 2. The first-order chi connectivity index (χ1) is 10.5. The van der Waals surface area contributed by atoms with E-state index in [0.29, 0.717) is 11.0 Å². The number of aromatic amines is 2. The van der Waals surface area contributed by atoms with E-state index in [1.807, 2.05) is 30.3 Å². The lowest BCUT2D eigenvalue weighted by atomic mass is 10.1. The zero-order valence-corrected chi connectivity index (χ0v) is 12.2. The molecule has 0 unspecified atom stereocenters. The lowest BCUT2D eigenvalue weighted by Gasteiger charge is -2.00. The zero-order chi connectivity index (χ0) is 15.9. The normalized spacial score (nSPS) is 10.8. The van der Waals surface area contributed by atoms with Gasteiger partial charge in [-0.2, -0.15) is 0 Å². The van der Waals surface area contributed by atoms with Gasteiger partial charge >= 0.3 is 0 Å². The molecule has 0 saturated carbocycles. The van der Waals surface area contributed by atoms with Gasteiger partial charge in [0.05, 0.1) is 11.1 Å². The second-order valence-corrected chi connectivity index (χ2v) is 5.15. The van der Waals surface area contributed by atoms with Crippen molar-refractivity contribution < 1.29 is 9.59 Å². The Labute approximate surface area is 125 Å². The zero-order valence-electron chi connectivity index (χ0n) is 12.2. The van der Waals surface area contributed by atoms with Crippen LogP contribution in [-0.2, 0) is 9.59 Å². The van der Waals surface area contributed by atoms with Crippen LogP contribution in [0.4, 0.5) is 0 Å². The summed E-state index contributed by atoms with van der Waals surface area (Å²) >= 11 is 0. The number of carbonyl (C=O) groups excluding carboxylic acids is 2. The van der Waals surface area contributed by atoms with Crippen LogP contribution < -0.4 is 10.9 Å². The van der Waals surface area contributed by atoms with E-state index < -0.39 is 17.1 Å². The van der Waals surface area contributed by atoms with Crippen LogP contribution in [0.15, 0.2) is 41.2 Å². The van der Waals surface area contributed by atoms with E-state index in [-0.39, 0.29) is 10.9 Å². The predicted molar refractivity (Wildman–Crippen MR) is 85.2 cm³/mol. The average Bonchev–Trinajstić information content (AvgIpc) is 2.58. The number of ketones is 2. The molecule has 2 aromatic carbocycles. The number of H-pyrrole nitrogens is 2. The molecule has 1 heterocycles. The van der Waals surface area contributed by atoms with Crippen molar-refractivity contribution in [3.63, 3.8) is 0 Å². The molecule has 0 bridgehead atoms. The number of hydrogen-bond acceptors (Lipinski definition) is 3. The molecule has 22 heavy (non-hydrogen) atoms. The van der Waals surface area contributed by atoms with Crippen molar-refractivity contribution >= 4 is 38.9 Å². The molecule has 5 heteroatoms. The van der Waals surface area contributed by atoms with Crippen LogP contribution in [0.1, 0.15) is 13.8 Å². The van der Waals surface area contributed by atoms with Gasteiger partial charge in [-0.1, -0.05) is 24.3 Å². The molecule has 0 spiro atoms. The molecule has 5 nitrogen and oxygen atoms in total. The Bertz CT molecular complexity index is 1030. The average molecular weight is 294 g/mol. The van der Waals surface area contributed by atoms with Crippen LogP contribution in [0.25, 0.3) is 27.4 Å². The molecular weight excluding hydrogens is 280 g/mol. The SMILES string of the molecule is CC(=O)C(C(C)=O)=c1[nH]c2cccc3cccc([nH]c1=O)c32. The predicted octanol–water partition coefficient (Wildman–Crippen LogP) is 1.62. The topological polar surface area (TPSA) is 82.8 Å². The minimum absolute atomic E-state index is 0.0105. The second-order valence-electron chi connectivity index (χ2n) is 5.15. The highest BCUT2D eigenvalue weighted by Gasteiger charge is 2.13. The molecule has 3 aromatic rings. The fraction of sp³-hybridized carbons (Fsp3) is 0.118. The van der Waals surface area contributed by atoms with Crippen molar-refractivity contribution in [3.05, 3.63) is 52.1 Å². The Kier molecular flexibility index (Phi) is 3.25. The molecule has 110 valence electrons. The maximum absolute atomic E-state index is 12.4. The third-order valence-corrected chi connectivity index (χ3v) is 3.59. The van der Waals surface area contributed by atoms with Crippen LogP contribution in [0, 0.1) is 0 Å². The van der Waals surface area contributed by atoms with Crippen LogP contribution in [0.2, 0.25) is 0 Å². The van der Waals surface area contributed by atoms with E-state index in [1.54, 1.807) is 6.07 Å². The lowest BCUT2D eigenvalue weighted by Crippen LogP contribution is -2.34. The fourth-order valence-corrected chi connectivity index (χ4v) is 2.70. The molecule has 0 amide bonds. The highest BCUT2D eigenvalue weighted by atomic mass is 16.2. The molecule has 0 radical (unpaired) electrons. The first kappa shape index (κ1) is 14.0. The van der Waals surface area contributed by atoms with Gasteiger partial charge in [-0.3, -0.25) is 14.4 Å². The van der Waals surface area contributed by atoms with E-state index in [2.05, 4.69) is 9.97 Å². The van der Waals surface area contributed by atoms with Gasteiger partial charge in [-0.05, 0) is 31.4 Å². The largest absolute Gasteiger partial charge is 0.350 e. The quantitative estimate of drug-likeness (QED) is 0.704. The highest BCUT2D eigenvalue weighted by molar-refractivity contribution is 6.39. The van der Waals surface area contributed by atoms with Crippen molar-refractivity contribution in [2.45, 2.75) is 13.8 Å². The molecular formula is C17H14N2O3. The minimum atomic E-state index is -0.496. The third-order valence-electron chi connectivity index (χ3n) is 3.59. The summed E-state index contributed by atoms with van der Waals surface area (Å²) in [5, 5.41) is 1.79. The van der Waals surface area contributed by atoms with Gasteiger partial charge < -0.3 is 9.97 Å². The van der Waals surface area contributed by atoms with Crippen LogP contribution in [0.5, 0.6) is 0 Å². The number of nitrogens with one attached hydrogen (secondary N) is 2. The van der Waals surface area contributed by atoms with Gasteiger partial charge in [0.25, 0.3) is 5.56 Å². The maximum Gasteiger partial charge on any atom is 0.272 e. The van der Waals surface area contributed by atoms with E-state index in [9.17, 15) is 14.4 Å². The second kappa shape index (κ2) is 5.11. The van der Waals surface area contributed by atoms with Gasteiger partial charge in [0.1, 0.15) is 5.35 Å². The summed E-state index contributed by atoms with van der Waals surface area (Å²) in [5.74, 6) is -0.883. The highest BCUT2D eigenvalue weighted by Crippen LogP contribution is 2.21. The Morgan fingerprint density at radius 2 is 1.41 bits per heavy atom. The number of benzene rings is 2. The maximum atomic E-state index is 12.4. The Hall–Kier alpha value is -2.95. The summed E-state index contributed by atoms with van der Waals surface area (Å²) in [7, 11) is 0. The molecule has 0 atom stereocenters. The molecule has 3 rings (SSSR count). The van der Waals surface area contributed by atoms with Gasteiger partial charge in [-0.25, -0.2) is 0 Å². The van der Waals surface area contributed by atoms with Crippen molar-refractivity contribution in [1.82, 2.24) is 9.97 Å². The van der Waals surface area contributed by atoms with E-state index >= 15 is 0 Å². The Balaban J connectivity index is 2.69. The molecule has 0 aliphatic rings. The van der Waals surface area contributed by atoms with E-state index in [1.165, 1.54) is 13.8 Å². The van der Waals surface area contributed by atoms with Crippen LogP contribution >= 0.6 is 0 Å². The van der Waals surface area contributed by atoms with E-state index in [0.717, 1.165) is 10.8 Å². The Morgan fingerprint density at radius 3 is 1.95 bits per heavy atom. The Morgan fingerprint density at radius 1 is 0.864 bits per heavy atom. The first-order valence-electron chi connectivity index (χ1n) is 6.85.